The maximum Gasteiger partial charge on any atom is 0.259 e. The molecule has 3 rings (SSSR count). The highest BCUT2D eigenvalue weighted by Crippen LogP contribution is 2.31. The van der Waals surface area contributed by atoms with Crippen LogP contribution in [0.4, 0.5) is 4.39 Å². The van der Waals surface area contributed by atoms with Crippen LogP contribution in [0, 0.1) is 5.82 Å². The number of ether oxygens (including phenoxy) is 1. The quantitative estimate of drug-likeness (QED) is 0.875. The van der Waals surface area contributed by atoms with E-state index in [-0.39, 0.29) is 24.4 Å². The monoisotopic (exact) mass is 304 g/mol. The van der Waals surface area contributed by atoms with Crippen LogP contribution in [0.1, 0.15) is 40.1 Å². The van der Waals surface area contributed by atoms with Crippen molar-refractivity contribution in [3.8, 4) is 0 Å². The van der Waals surface area contributed by atoms with Gasteiger partial charge in [-0.05, 0) is 36.6 Å². The second-order valence-electron chi connectivity index (χ2n) is 5.38. The first-order valence-electron chi connectivity index (χ1n) is 7.13. The molecule has 22 heavy (non-hydrogen) atoms. The fourth-order valence-electron chi connectivity index (χ4n) is 2.91. The SMILES string of the molecule is COCc1nocc1C(=O)N1CCc2cc(F)ccc2C1C. The van der Waals surface area contributed by atoms with E-state index in [9.17, 15) is 9.18 Å². The summed E-state index contributed by atoms with van der Waals surface area (Å²) in [6.45, 7) is 2.70. The number of methoxy groups -OCH3 is 1. The minimum atomic E-state index is -0.243. The van der Waals surface area contributed by atoms with E-state index in [4.69, 9.17) is 9.26 Å². The van der Waals surface area contributed by atoms with Gasteiger partial charge in [0.15, 0.2) is 0 Å². The zero-order valence-corrected chi connectivity index (χ0v) is 12.5. The van der Waals surface area contributed by atoms with E-state index in [1.165, 1.54) is 19.4 Å². The van der Waals surface area contributed by atoms with Crippen LogP contribution in [0.15, 0.2) is 29.0 Å². The number of aromatic nitrogens is 1. The van der Waals surface area contributed by atoms with Gasteiger partial charge in [0.25, 0.3) is 5.91 Å². The molecule has 2 heterocycles. The van der Waals surface area contributed by atoms with E-state index in [0.29, 0.717) is 24.2 Å². The van der Waals surface area contributed by atoms with Crippen LogP contribution < -0.4 is 0 Å². The van der Waals surface area contributed by atoms with Gasteiger partial charge in [-0.3, -0.25) is 4.79 Å². The number of rotatable bonds is 3. The van der Waals surface area contributed by atoms with Crippen LogP contribution in [0.2, 0.25) is 0 Å². The van der Waals surface area contributed by atoms with Crippen molar-refractivity contribution in [2.75, 3.05) is 13.7 Å². The highest BCUT2D eigenvalue weighted by molar-refractivity contribution is 5.95. The molecule has 6 heteroatoms. The van der Waals surface area contributed by atoms with E-state index in [1.54, 1.807) is 17.0 Å². The van der Waals surface area contributed by atoms with Crippen LogP contribution in [0.5, 0.6) is 0 Å². The van der Waals surface area contributed by atoms with Crippen molar-refractivity contribution in [2.24, 2.45) is 0 Å². The molecule has 1 amide bonds. The summed E-state index contributed by atoms with van der Waals surface area (Å²) in [5.41, 5.74) is 2.84. The lowest BCUT2D eigenvalue weighted by Crippen LogP contribution is -2.39. The highest BCUT2D eigenvalue weighted by Gasteiger charge is 2.30. The maximum absolute atomic E-state index is 13.3. The summed E-state index contributed by atoms with van der Waals surface area (Å²) in [5, 5.41) is 3.81. The Morgan fingerprint density at radius 2 is 2.36 bits per heavy atom. The van der Waals surface area contributed by atoms with Crippen molar-refractivity contribution >= 4 is 5.91 Å². The molecule has 2 aromatic rings. The zero-order chi connectivity index (χ0) is 15.7. The summed E-state index contributed by atoms with van der Waals surface area (Å²) in [5.74, 6) is -0.386. The first-order chi connectivity index (χ1) is 10.6. The summed E-state index contributed by atoms with van der Waals surface area (Å²) >= 11 is 0. The molecule has 0 spiro atoms. The van der Waals surface area contributed by atoms with Gasteiger partial charge in [-0.25, -0.2) is 4.39 Å². The van der Waals surface area contributed by atoms with Gasteiger partial charge in [0, 0.05) is 13.7 Å². The molecule has 0 bridgehead atoms. The Morgan fingerprint density at radius 1 is 1.55 bits per heavy atom. The van der Waals surface area contributed by atoms with Gasteiger partial charge in [0.05, 0.1) is 12.6 Å². The second-order valence-corrected chi connectivity index (χ2v) is 5.38. The number of hydrogen-bond acceptors (Lipinski definition) is 4. The molecule has 116 valence electrons. The Hall–Kier alpha value is -2.21. The molecule has 1 aromatic carbocycles. The van der Waals surface area contributed by atoms with Gasteiger partial charge in [-0.1, -0.05) is 11.2 Å². The molecule has 5 nitrogen and oxygen atoms in total. The van der Waals surface area contributed by atoms with Gasteiger partial charge in [0.1, 0.15) is 23.3 Å². The summed E-state index contributed by atoms with van der Waals surface area (Å²) in [7, 11) is 1.54. The number of hydrogen-bond donors (Lipinski definition) is 0. The van der Waals surface area contributed by atoms with E-state index >= 15 is 0 Å². The number of nitrogens with zero attached hydrogens (tertiary/aromatic N) is 2. The topological polar surface area (TPSA) is 55.6 Å². The van der Waals surface area contributed by atoms with Crippen molar-refractivity contribution in [1.82, 2.24) is 10.1 Å². The fourth-order valence-corrected chi connectivity index (χ4v) is 2.91. The molecule has 1 unspecified atom stereocenters. The summed E-state index contributed by atoms with van der Waals surface area (Å²) in [6.07, 6.45) is 1.98. The average molecular weight is 304 g/mol. The van der Waals surface area contributed by atoms with Crippen LogP contribution in [-0.4, -0.2) is 29.6 Å². The number of amides is 1. The fraction of sp³-hybridized carbons (Fsp3) is 0.375. The van der Waals surface area contributed by atoms with Gasteiger partial charge in [-0.2, -0.15) is 0 Å². The van der Waals surface area contributed by atoms with Crippen LogP contribution in [0.25, 0.3) is 0 Å². The van der Waals surface area contributed by atoms with Crippen molar-refractivity contribution in [3.63, 3.8) is 0 Å². The predicted molar refractivity (Wildman–Crippen MR) is 76.8 cm³/mol. The second kappa shape index (κ2) is 5.88. The van der Waals surface area contributed by atoms with E-state index < -0.39 is 0 Å². The van der Waals surface area contributed by atoms with Crippen LogP contribution in [-0.2, 0) is 17.8 Å². The molecule has 0 saturated heterocycles. The Morgan fingerprint density at radius 3 is 3.14 bits per heavy atom. The molecule has 1 aliphatic rings. The van der Waals surface area contributed by atoms with Gasteiger partial charge < -0.3 is 14.2 Å². The average Bonchev–Trinajstić information content (AvgIpc) is 2.95. The number of halogens is 1. The van der Waals surface area contributed by atoms with Crippen molar-refractivity contribution in [3.05, 3.63) is 52.7 Å². The molecule has 0 fully saturated rings. The van der Waals surface area contributed by atoms with Crippen LogP contribution >= 0.6 is 0 Å². The zero-order valence-electron chi connectivity index (χ0n) is 12.5. The Kier molecular flexibility index (Phi) is 3.94. The minimum absolute atomic E-state index is 0.123. The summed E-state index contributed by atoms with van der Waals surface area (Å²) in [6, 6.07) is 4.60. The van der Waals surface area contributed by atoms with Crippen molar-refractivity contribution in [1.29, 1.82) is 0 Å². The molecule has 1 atom stereocenters. The lowest BCUT2D eigenvalue weighted by Gasteiger charge is -2.35. The molecule has 1 aromatic heterocycles. The van der Waals surface area contributed by atoms with Gasteiger partial charge >= 0.3 is 0 Å². The molecule has 0 radical (unpaired) electrons. The smallest absolute Gasteiger partial charge is 0.259 e. The number of carbonyl (C=O) groups is 1. The Labute approximate surface area is 127 Å². The number of benzene rings is 1. The van der Waals surface area contributed by atoms with Crippen LogP contribution in [0.3, 0.4) is 0 Å². The standard InChI is InChI=1S/C16H17FN2O3/c1-10-13-4-3-12(17)7-11(13)5-6-19(10)16(20)14-8-22-18-15(14)9-21-2/h3-4,7-8,10H,5-6,9H2,1-2H3. The highest BCUT2D eigenvalue weighted by atomic mass is 19.1. The molecule has 0 N–H and O–H groups in total. The normalized spacial score (nSPS) is 17.4. The number of carbonyl (C=O) groups excluding carboxylic acids is 1. The molecular weight excluding hydrogens is 287 g/mol. The lowest BCUT2D eigenvalue weighted by molar-refractivity contribution is 0.0672. The van der Waals surface area contributed by atoms with Crippen molar-refractivity contribution < 1.29 is 18.4 Å². The van der Waals surface area contributed by atoms with E-state index in [2.05, 4.69) is 5.16 Å². The van der Waals surface area contributed by atoms with Gasteiger partial charge in [-0.15, -0.1) is 0 Å². The lowest BCUT2D eigenvalue weighted by atomic mass is 9.93. The Balaban J connectivity index is 1.88. The van der Waals surface area contributed by atoms with Gasteiger partial charge in [0.2, 0.25) is 0 Å². The van der Waals surface area contributed by atoms with E-state index in [1.807, 2.05) is 6.92 Å². The summed E-state index contributed by atoms with van der Waals surface area (Å²) in [4.78, 5) is 14.5. The molecule has 0 saturated carbocycles. The third-order valence-electron chi connectivity index (χ3n) is 4.06. The largest absolute Gasteiger partial charge is 0.378 e. The maximum atomic E-state index is 13.3. The number of fused-ring (bicyclic) bond motifs is 1. The minimum Gasteiger partial charge on any atom is -0.378 e. The first-order valence-corrected chi connectivity index (χ1v) is 7.13. The third kappa shape index (κ3) is 2.50. The molecular formula is C16H17FN2O3. The Bertz CT molecular complexity index is 698. The molecule has 1 aliphatic heterocycles. The summed E-state index contributed by atoms with van der Waals surface area (Å²) < 4.78 is 23.3. The predicted octanol–water partition coefficient (Wildman–Crippen LogP) is 2.72. The first kappa shape index (κ1) is 14.7. The third-order valence-corrected chi connectivity index (χ3v) is 4.06. The van der Waals surface area contributed by atoms with Crippen molar-refractivity contribution in [2.45, 2.75) is 26.0 Å². The molecule has 0 aliphatic carbocycles. The van der Waals surface area contributed by atoms with E-state index in [0.717, 1.165) is 11.1 Å².